The molecule has 1 fully saturated rings. The summed E-state index contributed by atoms with van der Waals surface area (Å²) in [4.78, 5) is 39.8. The van der Waals surface area contributed by atoms with Gasteiger partial charge in [-0.05, 0) is 37.1 Å². The number of halogens is 2. The van der Waals surface area contributed by atoms with E-state index in [2.05, 4.69) is 15.5 Å². The Morgan fingerprint density at radius 1 is 1.14 bits per heavy atom. The largest absolute Gasteiger partial charge is 0.369 e. The van der Waals surface area contributed by atoms with Crippen molar-refractivity contribution in [2.45, 2.75) is 18.9 Å². The first-order chi connectivity index (χ1) is 14.0. The molecular weight excluding hydrogens is 417 g/mol. The molecule has 0 bridgehead atoms. The molecule has 1 aromatic carbocycles. The third-order valence-electron chi connectivity index (χ3n) is 4.70. The van der Waals surface area contributed by atoms with Gasteiger partial charge in [-0.3, -0.25) is 14.4 Å². The lowest BCUT2D eigenvalue weighted by Crippen LogP contribution is -2.49. The molecule has 1 saturated heterocycles. The fraction of sp³-hybridized carbons (Fsp3) is 0.526. The van der Waals surface area contributed by atoms with Crippen LogP contribution in [0.2, 0.25) is 0 Å². The first-order valence-electron chi connectivity index (χ1n) is 9.54. The van der Waals surface area contributed by atoms with E-state index in [1.807, 2.05) is 12.1 Å². The summed E-state index contributed by atoms with van der Waals surface area (Å²) in [5.41, 5.74) is 6.96. The number of nitrogens with two attached hydrogens (primary N) is 1. The molecule has 1 aliphatic heterocycles. The molecular formula is C19H27Cl2N5O3. The van der Waals surface area contributed by atoms with E-state index in [0.717, 1.165) is 12.1 Å². The Morgan fingerprint density at radius 2 is 1.79 bits per heavy atom. The van der Waals surface area contributed by atoms with Gasteiger partial charge in [-0.1, -0.05) is 0 Å². The van der Waals surface area contributed by atoms with Crippen LogP contribution in [0.1, 0.15) is 12.8 Å². The Morgan fingerprint density at radius 3 is 2.38 bits per heavy atom. The molecule has 0 aromatic heterocycles. The lowest BCUT2D eigenvalue weighted by molar-refractivity contribution is -0.137. The summed E-state index contributed by atoms with van der Waals surface area (Å²) in [7, 11) is 0. The monoisotopic (exact) mass is 443 g/mol. The van der Waals surface area contributed by atoms with Gasteiger partial charge < -0.3 is 26.2 Å². The summed E-state index contributed by atoms with van der Waals surface area (Å²) in [5, 5.41) is 5.33. The molecule has 1 aromatic rings. The van der Waals surface area contributed by atoms with Crippen molar-refractivity contribution in [3.63, 3.8) is 0 Å². The van der Waals surface area contributed by atoms with Crippen molar-refractivity contribution in [3.8, 4) is 0 Å². The summed E-state index contributed by atoms with van der Waals surface area (Å²) in [6.07, 6.45) is 1.31. The van der Waals surface area contributed by atoms with Gasteiger partial charge in [0.05, 0.1) is 13.1 Å². The average Bonchev–Trinajstić information content (AvgIpc) is 3.22. The molecule has 3 amide bonds. The fourth-order valence-corrected chi connectivity index (χ4v) is 3.68. The molecule has 8 nitrogen and oxygen atoms in total. The highest BCUT2D eigenvalue weighted by molar-refractivity contribution is 6.18. The highest BCUT2D eigenvalue weighted by Gasteiger charge is 2.33. The number of carbonyl (C=O) groups excluding carboxylic acids is 3. The molecule has 4 N–H and O–H groups in total. The Balaban J connectivity index is 1.84. The Bertz CT molecular complexity index is 696. The van der Waals surface area contributed by atoms with Gasteiger partial charge in [-0.25, -0.2) is 0 Å². The van der Waals surface area contributed by atoms with Crippen LogP contribution in [0.3, 0.4) is 0 Å². The van der Waals surface area contributed by atoms with Gasteiger partial charge in [-0.2, -0.15) is 0 Å². The highest BCUT2D eigenvalue weighted by Crippen LogP contribution is 2.19. The molecule has 0 radical (unpaired) electrons. The van der Waals surface area contributed by atoms with E-state index < -0.39 is 6.04 Å². The zero-order valence-corrected chi connectivity index (χ0v) is 17.7. The minimum Gasteiger partial charge on any atom is -0.369 e. The van der Waals surface area contributed by atoms with Crippen molar-refractivity contribution in [3.05, 3.63) is 24.3 Å². The van der Waals surface area contributed by atoms with Crippen LogP contribution in [0, 0.1) is 0 Å². The number of anilines is 2. The van der Waals surface area contributed by atoms with Gasteiger partial charge in [0.2, 0.25) is 17.7 Å². The standard InChI is InChI=1S/C19H27Cl2N5O3/c20-7-10-25(11-8-21)15-5-3-14(4-6-15)24-17(27)13-23-19(29)16-2-1-9-26(16)18(28)12-22/h3-6,16H,1-2,7-13,22H2,(H,23,29)(H,24,27)/t16-/m0/s1. The SMILES string of the molecule is NCC(=O)N1CCC[C@H]1C(=O)NCC(=O)Nc1ccc(N(CCCl)CCCl)cc1. The van der Waals surface area contributed by atoms with Gasteiger partial charge in [-0.15, -0.1) is 23.2 Å². The second-order valence-corrected chi connectivity index (χ2v) is 7.38. The van der Waals surface area contributed by atoms with Crippen LogP contribution in [0.4, 0.5) is 11.4 Å². The van der Waals surface area contributed by atoms with E-state index in [-0.39, 0.29) is 30.8 Å². The lowest BCUT2D eigenvalue weighted by Gasteiger charge is -2.23. The average molecular weight is 444 g/mol. The summed E-state index contributed by atoms with van der Waals surface area (Å²) in [5.74, 6) is 0.0331. The molecule has 1 heterocycles. The van der Waals surface area contributed by atoms with Crippen LogP contribution in [-0.4, -0.2) is 73.1 Å². The van der Waals surface area contributed by atoms with Gasteiger partial charge in [0.1, 0.15) is 6.04 Å². The van der Waals surface area contributed by atoms with Gasteiger partial charge >= 0.3 is 0 Å². The van der Waals surface area contributed by atoms with Crippen molar-refractivity contribution >= 4 is 52.3 Å². The van der Waals surface area contributed by atoms with E-state index in [9.17, 15) is 14.4 Å². The topological polar surface area (TPSA) is 108 Å². The summed E-state index contributed by atoms with van der Waals surface area (Å²) in [6, 6.07) is 6.75. The van der Waals surface area contributed by atoms with E-state index in [0.29, 0.717) is 43.5 Å². The number of hydrogen-bond acceptors (Lipinski definition) is 5. The van der Waals surface area contributed by atoms with Crippen molar-refractivity contribution in [2.75, 3.05) is 54.7 Å². The molecule has 0 unspecified atom stereocenters. The maximum Gasteiger partial charge on any atom is 0.243 e. The van der Waals surface area contributed by atoms with Crippen molar-refractivity contribution < 1.29 is 14.4 Å². The minimum absolute atomic E-state index is 0.131. The molecule has 0 aliphatic carbocycles. The maximum absolute atomic E-state index is 12.3. The van der Waals surface area contributed by atoms with Gasteiger partial charge in [0.15, 0.2) is 0 Å². The number of benzene rings is 1. The molecule has 29 heavy (non-hydrogen) atoms. The predicted octanol–water partition coefficient (Wildman–Crippen LogP) is 0.975. The van der Waals surface area contributed by atoms with E-state index in [1.54, 1.807) is 12.1 Å². The van der Waals surface area contributed by atoms with E-state index >= 15 is 0 Å². The molecule has 160 valence electrons. The van der Waals surface area contributed by atoms with E-state index in [1.165, 1.54) is 4.90 Å². The van der Waals surface area contributed by atoms with Crippen LogP contribution in [-0.2, 0) is 14.4 Å². The molecule has 2 rings (SSSR count). The number of amides is 3. The molecule has 10 heteroatoms. The molecule has 0 spiro atoms. The second kappa shape index (κ2) is 11.8. The first-order valence-corrected chi connectivity index (χ1v) is 10.6. The van der Waals surface area contributed by atoms with Gasteiger partial charge in [0.25, 0.3) is 0 Å². The van der Waals surface area contributed by atoms with Crippen molar-refractivity contribution in [1.29, 1.82) is 0 Å². The van der Waals surface area contributed by atoms with Crippen molar-refractivity contribution in [1.82, 2.24) is 10.2 Å². The summed E-state index contributed by atoms with van der Waals surface area (Å²) >= 11 is 11.6. The molecule has 1 atom stereocenters. The predicted molar refractivity (Wildman–Crippen MR) is 116 cm³/mol. The summed E-state index contributed by atoms with van der Waals surface area (Å²) < 4.78 is 0. The number of alkyl halides is 2. The Labute approximate surface area is 180 Å². The Hall–Kier alpha value is -2.03. The van der Waals surface area contributed by atoms with Crippen molar-refractivity contribution in [2.24, 2.45) is 5.73 Å². The summed E-state index contributed by atoms with van der Waals surface area (Å²) in [6.45, 7) is 1.56. The second-order valence-electron chi connectivity index (χ2n) is 6.63. The Kier molecular flexibility index (Phi) is 9.50. The lowest BCUT2D eigenvalue weighted by atomic mass is 10.2. The maximum atomic E-state index is 12.3. The number of nitrogens with zero attached hydrogens (tertiary/aromatic N) is 2. The van der Waals surface area contributed by atoms with Crippen LogP contribution in [0.15, 0.2) is 24.3 Å². The zero-order valence-electron chi connectivity index (χ0n) is 16.2. The van der Waals surface area contributed by atoms with Crippen LogP contribution >= 0.6 is 23.2 Å². The first kappa shape index (κ1) is 23.3. The zero-order chi connectivity index (χ0) is 21.2. The number of nitrogens with one attached hydrogen (secondary N) is 2. The third-order valence-corrected chi connectivity index (χ3v) is 5.04. The normalized spacial score (nSPS) is 15.8. The van der Waals surface area contributed by atoms with Crippen LogP contribution in [0.25, 0.3) is 0 Å². The van der Waals surface area contributed by atoms with Gasteiger partial charge in [0, 0.05) is 42.8 Å². The molecule has 0 saturated carbocycles. The smallest absolute Gasteiger partial charge is 0.243 e. The number of rotatable bonds is 10. The minimum atomic E-state index is -0.562. The number of carbonyl (C=O) groups is 3. The number of likely N-dealkylation sites (tertiary alicyclic amines) is 1. The van der Waals surface area contributed by atoms with E-state index in [4.69, 9.17) is 28.9 Å². The van der Waals surface area contributed by atoms with Crippen LogP contribution < -0.4 is 21.3 Å². The fourth-order valence-electron chi connectivity index (χ4n) is 3.28. The molecule has 1 aliphatic rings. The van der Waals surface area contributed by atoms with Crippen LogP contribution in [0.5, 0.6) is 0 Å². The highest BCUT2D eigenvalue weighted by atomic mass is 35.5. The number of hydrogen-bond donors (Lipinski definition) is 3. The quantitative estimate of drug-likeness (QED) is 0.467. The third kappa shape index (κ3) is 6.76.